The Labute approximate surface area is 132 Å². The Bertz CT molecular complexity index is 638. The summed E-state index contributed by atoms with van der Waals surface area (Å²) >= 11 is 3.16. The molecule has 0 spiro atoms. The Morgan fingerprint density at radius 1 is 1.38 bits per heavy atom. The molecule has 0 aliphatic heterocycles. The molecule has 1 amide bonds. The summed E-state index contributed by atoms with van der Waals surface area (Å²) in [6, 6.07) is 1.37. The first-order valence-electron chi connectivity index (χ1n) is 6.01. The van der Waals surface area contributed by atoms with Crippen LogP contribution in [0.4, 0.5) is 10.6 Å². The maximum Gasteiger partial charge on any atom is 0.413 e. The fraction of sp³-hybridized carbons (Fsp3) is 0.500. The highest BCUT2D eigenvalue weighted by molar-refractivity contribution is 9.10. The van der Waals surface area contributed by atoms with E-state index in [1.807, 2.05) is 0 Å². The maximum absolute atomic E-state index is 12.2. The molecule has 1 aromatic rings. The minimum Gasteiger partial charge on any atom is -0.444 e. The van der Waals surface area contributed by atoms with Crippen LogP contribution in [0.3, 0.4) is 0 Å². The number of anilines is 1. The molecule has 1 rings (SSSR count). The van der Waals surface area contributed by atoms with Gasteiger partial charge in [-0.25, -0.2) is 22.5 Å². The molecule has 118 valence electrons. The Hall–Kier alpha value is -1.19. The molecule has 0 aromatic carbocycles. The molecule has 9 heteroatoms. The van der Waals surface area contributed by atoms with Crippen molar-refractivity contribution in [2.45, 2.75) is 31.3 Å². The normalized spacial score (nSPS) is 12.3. The zero-order valence-electron chi connectivity index (χ0n) is 12.5. The van der Waals surface area contributed by atoms with E-state index in [2.05, 4.69) is 26.2 Å². The number of hydrogen-bond donors (Lipinski definition) is 1. The van der Waals surface area contributed by atoms with Gasteiger partial charge in [0, 0.05) is 24.8 Å². The van der Waals surface area contributed by atoms with Gasteiger partial charge in [0.1, 0.15) is 10.5 Å². The Kier molecular flexibility index (Phi) is 5.35. The van der Waals surface area contributed by atoms with Crippen LogP contribution in [0.15, 0.2) is 21.6 Å². The Morgan fingerprint density at radius 3 is 2.43 bits per heavy atom. The Balaban J connectivity index is 3.18. The summed E-state index contributed by atoms with van der Waals surface area (Å²) in [6.07, 6.45) is 0.619. The lowest BCUT2D eigenvalue weighted by Crippen LogP contribution is -2.29. The average Bonchev–Trinajstić information content (AvgIpc) is 2.28. The van der Waals surface area contributed by atoms with E-state index < -0.39 is 21.7 Å². The Morgan fingerprint density at radius 2 is 1.95 bits per heavy atom. The highest BCUT2D eigenvalue weighted by Gasteiger charge is 2.25. The maximum atomic E-state index is 12.2. The highest BCUT2D eigenvalue weighted by atomic mass is 79.9. The molecule has 0 unspecified atom stereocenters. The van der Waals surface area contributed by atoms with E-state index in [4.69, 9.17) is 4.74 Å². The van der Waals surface area contributed by atoms with E-state index in [0.717, 1.165) is 4.31 Å². The number of sulfonamides is 1. The molecule has 0 saturated heterocycles. The van der Waals surface area contributed by atoms with Gasteiger partial charge in [-0.2, -0.15) is 0 Å². The number of hydrogen-bond acceptors (Lipinski definition) is 5. The molecule has 0 aliphatic carbocycles. The molecule has 1 heterocycles. The number of carbonyl (C=O) groups excluding carboxylic acids is 1. The van der Waals surface area contributed by atoms with Gasteiger partial charge in [-0.1, -0.05) is 0 Å². The molecular formula is C12H18BrN3O4S. The van der Waals surface area contributed by atoms with Gasteiger partial charge >= 0.3 is 6.09 Å². The number of halogens is 1. The van der Waals surface area contributed by atoms with Gasteiger partial charge in [-0.05, 0) is 42.8 Å². The number of aromatic nitrogens is 1. The number of nitrogens with zero attached hydrogens (tertiary/aromatic N) is 2. The van der Waals surface area contributed by atoms with Crippen LogP contribution in [-0.2, 0) is 14.8 Å². The average molecular weight is 380 g/mol. The molecule has 21 heavy (non-hydrogen) atoms. The van der Waals surface area contributed by atoms with Crippen molar-refractivity contribution in [1.29, 1.82) is 0 Å². The van der Waals surface area contributed by atoms with Crippen molar-refractivity contribution < 1.29 is 17.9 Å². The van der Waals surface area contributed by atoms with Crippen molar-refractivity contribution in [2.24, 2.45) is 0 Å². The molecule has 1 N–H and O–H groups in total. The van der Waals surface area contributed by atoms with Crippen LogP contribution in [0.1, 0.15) is 20.8 Å². The van der Waals surface area contributed by atoms with Gasteiger partial charge in [0.25, 0.3) is 0 Å². The monoisotopic (exact) mass is 379 g/mol. The fourth-order valence-electron chi connectivity index (χ4n) is 1.31. The first-order valence-corrected chi connectivity index (χ1v) is 8.25. The molecule has 0 aliphatic rings. The molecule has 0 radical (unpaired) electrons. The summed E-state index contributed by atoms with van der Waals surface area (Å²) in [5.74, 6) is -0.0823. The first kappa shape index (κ1) is 17.9. The van der Waals surface area contributed by atoms with Gasteiger partial charge in [-0.15, -0.1) is 0 Å². The SMILES string of the molecule is CN(C)S(=O)(=O)c1cc(Br)cnc1NC(=O)OC(C)(C)C. The molecule has 0 bridgehead atoms. The molecule has 1 aromatic heterocycles. The topological polar surface area (TPSA) is 88.6 Å². The fourth-order valence-corrected chi connectivity index (χ4v) is 2.81. The second-order valence-electron chi connectivity index (χ2n) is 5.41. The smallest absolute Gasteiger partial charge is 0.413 e. The quantitative estimate of drug-likeness (QED) is 0.870. The summed E-state index contributed by atoms with van der Waals surface area (Å²) in [4.78, 5) is 15.6. The van der Waals surface area contributed by atoms with Crippen LogP contribution >= 0.6 is 15.9 Å². The molecular weight excluding hydrogens is 362 g/mol. The number of carbonyl (C=O) groups is 1. The van der Waals surface area contributed by atoms with Crippen LogP contribution in [0.2, 0.25) is 0 Å². The largest absolute Gasteiger partial charge is 0.444 e. The van der Waals surface area contributed by atoms with Crippen LogP contribution in [-0.4, -0.2) is 43.5 Å². The second-order valence-corrected chi connectivity index (χ2v) is 8.45. The van der Waals surface area contributed by atoms with E-state index in [1.165, 1.54) is 26.4 Å². The number of ether oxygens (including phenoxy) is 1. The lowest BCUT2D eigenvalue weighted by Gasteiger charge is -2.20. The van der Waals surface area contributed by atoms with Gasteiger partial charge in [-0.3, -0.25) is 5.32 Å². The van der Waals surface area contributed by atoms with Crippen molar-refractivity contribution in [1.82, 2.24) is 9.29 Å². The number of rotatable bonds is 3. The van der Waals surface area contributed by atoms with E-state index in [1.54, 1.807) is 20.8 Å². The van der Waals surface area contributed by atoms with Crippen LogP contribution in [0.5, 0.6) is 0 Å². The minimum atomic E-state index is -3.75. The summed E-state index contributed by atoms with van der Waals surface area (Å²) in [5.41, 5.74) is -0.694. The summed E-state index contributed by atoms with van der Waals surface area (Å²) < 4.78 is 31.1. The van der Waals surface area contributed by atoms with Crippen molar-refractivity contribution in [3.63, 3.8) is 0 Å². The third kappa shape index (κ3) is 4.94. The van der Waals surface area contributed by atoms with Gasteiger partial charge < -0.3 is 4.74 Å². The molecule has 0 fully saturated rings. The highest BCUT2D eigenvalue weighted by Crippen LogP contribution is 2.25. The third-order valence-corrected chi connectivity index (χ3v) is 4.46. The predicted molar refractivity (Wildman–Crippen MR) is 82.7 cm³/mol. The van der Waals surface area contributed by atoms with E-state index in [-0.39, 0.29) is 10.7 Å². The van der Waals surface area contributed by atoms with Gasteiger partial charge in [0.2, 0.25) is 10.0 Å². The van der Waals surface area contributed by atoms with Crippen molar-refractivity contribution in [3.05, 3.63) is 16.7 Å². The van der Waals surface area contributed by atoms with Gasteiger partial charge in [0.15, 0.2) is 5.82 Å². The van der Waals surface area contributed by atoms with Crippen molar-refractivity contribution in [2.75, 3.05) is 19.4 Å². The molecule has 0 atom stereocenters. The standard InChI is InChI=1S/C12H18BrN3O4S/c1-12(2,3)20-11(17)15-10-9(6-8(13)7-14-10)21(18,19)16(4)5/h6-7H,1-5H3,(H,14,15,17). The second kappa shape index (κ2) is 6.29. The third-order valence-electron chi connectivity index (χ3n) is 2.20. The van der Waals surface area contributed by atoms with Crippen molar-refractivity contribution in [3.8, 4) is 0 Å². The van der Waals surface area contributed by atoms with Crippen LogP contribution in [0.25, 0.3) is 0 Å². The molecule has 7 nitrogen and oxygen atoms in total. The van der Waals surface area contributed by atoms with E-state index in [0.29, 0.717) is 4.47 Å². The number of nitrogens with one attached hydrogen (secondary N) is 1. The minimum absolute atomic E-state index is 0.0823. The van der Waals surface area contributed by atoms with Crippen LogP contribution < -0.4 is 5.32 Å². The van der Waals surface area contributed by atoms with E-state index in [9.17, 15) is 13.2 Å². The zero-order chi connectivity index (χ0) is 16.4. The van der Waals surface area contributed by atoms with Gasteiger partial charge in [0.05, 0.1) is 0 Å². The number of pyridine rings is 1. The van der Waals surface area contributed by atoms with Crippen molar-refractivity contribution >= 4 is 37.9 Å². The first-order chi connectivity index (χ1) is 9.43. The summed E-state index contributed by atoms with van der Waals surface area (Å²) in [6.45, 7) is 5.12. The molecule has 0 saturated carbocycles. The van der Waals surface area contributed by atoms with Crippen LogP contribution in [0, 0.1) is 0 Å². The predicted octanol–water partition coefficient (Wildman–Crippen LogP) is 2.44. The summed E-state index contributed by atoms with van der Waals surface area (Å²) in [7, 11) is -0.956. The van der Waals surface area contributed by atoms with E-state index >= 15 is 0 Å². The number of amides is 1. The lowest BCUT2D eigenvalue weighted by molar-refractivity contribution is 0.0635. The lowest BCUT2D eigenvalue weighted by atomic mass is 10.2. The summed E-state index contributed by atoms with van der Waals surface area (Å²) in [5, 5.41) is 2.36. The zero-order valence-corrected chi connectivity index (χ0v) is 14.9.